The average Bonchev–Trinajstić information content (AvgIpc) is 3.38. The first-order valence-electron chi connectivity index (χ1n) is 9.31. The molecule has 3 aromatic heterocycles. The van der Waals surface area contributed by atoms with E-state index in [2.05, 4.69) is 18.8 Å². The van der Waals surface area contributed by atoms with Crippen LogP contribution in [0.5, 0.6) is 5.75 Å². The quantitative estimate of drug-likeness (QED) is 0.361. The van der Waals surface area contributed by atoms with Crippen LogP contribution in [0.15, 0.2) is 59.5 Å². The molecule has 0 aliphatic heterocycles. The highest BCUT2D eigenvalue weighted by Gasteiger charge is 2.18. The molecule has 5 rings (SSSR count). The van der Waals surface area contributed by atoms with E-state index in [0.29, 0.717) is 0 Å². The minimum atomic E-state index is -0.224. The van der Waals surface area contributed by atoms with Crippen molar-refractivity contribution in [2.75, 3.05) is 6.61 Å². The lowest BCUT2D eigenvalue weighted by atomic mass is 9.97. The lowest BCUT2D eigenvalue weighted by Crippen LogP contribution is -2.44. The molecule has 0 atom stereocenters. The summed E-state index contributed by atoms with van der Waals surface area (Å²) in [5.74, 6) is 0.287. The molecule has 0 spiro atoms. The molecule has 0 saturated carbocycles. The van der Waals surface area contributed by atoms with E-state index in [1.165, 1.54) is 6.26 Å². The molecule has 3 heterocycles. The van der Waals surface area contributed by atoms with E-state index in [0.717, 1.165) is 43.7 Å². The van der Waals surface area contributed by atoms with Gasteiger partial charge >= 0.3 is 0 Å². The van der Waals surface area contributed by atoms with E-state index < -0.39 is 0 Å². The highest BCUT2D eigenvalue weighted by Crippen LogP contribution is 2.36. The lowest BCUT2D eigenvalue weighted by Gasteiger charge is -2.08. The van der Waals surface area contributed by atoms with Gasteiger partial charge in [-0.05, 0) is 60.7 Å². The highest BCUT2D eigenvalue weighted by atomic mass is 16.7. The van der Waals surface area contributed by atoms with Gasteiger partial charge in [-0.2, -0.15) is 0 Å². The predicted octanol–water partition coefficient (Wildman–Crippen LogP) is 3.99. The van der Waals surface area contributed by atoms with E-state index in [-0.39, 0.29) is 23.9 Å². The van der Waals surface area contributed by atoms with Crippen molar-refractivity contribution in [3.63, 3.8) is 0 Å². The third-order valence-corrected chi connectivity index (χ3v) is 5.42. The summed E-state index contributed by atoms with van der Waals surface area (Å²) < 4.78 is 6.67. The summed E-state index contributed by atoms with van der Waals surface area (Å²) in [4.78, 5) is 21.2. The number of hydrogen-bond acceptors (Lipinski definition) is 4. The number of Topliss-reactive ketones (excluding diaryl/α,β-unsaturated/α-hetero) is 1. The zero-order valence-electron chi connectivity index (χ0n) is 16.0. The number of ketones is 1. The van der Waals surface area contributed by atoms with Gasteiger partial charge in [0.25, 0.3) is 0 Å². The predicted molar refractivity (Wildman–Crippen MR) is 109 cm³/mol. The number of furan rings is 1. The van der Waals surface area contributed by atoms with Crippen LogP contribution in [-0.2, 0) is 0 Å². The van der Waals surface area contributed by atoms with Crippen LogP contribution in [-0.4, -0.2) is 22.5 Å². The van der Waals surface area contributed by atoms with Gasteiger partial charge < -0.3 is 14.5 Å². The van der Waals surface area contributed by atoms with Crippen molar-refractivity contribution in [3.05, 3.63) is 71.9 Å². The monoisotopic (exact) mass is 387 g/mol. The van der Waals surface area contributed by atoms with Crippen molar-refractivity contribution < 1.29 is 23.9 Å². The second-order valence-electron chi connectivity index (χ2n) is 7.16. The smallest absolute Gasteiger partial charge is 0.242 e. The van der Waals surface area contributed by atoms with Gasteiger partial charge in [0.1, 0.15) is 5.75 Å². The number of aryl methyl sites for hydroxylation is 2. The molecule has 0 amide bonds. The van der Waals surface area contributed by atoms with Gasteiger partial charge in [0.15, 0.2) is 5.76 Å². The van der Waals surface area contributed by atoms with E-state index in [9.17, 15) is 9.90 Å². The number of aromatic amines is 1. The molecule has 29 heavy (non-hydrogen) atoms. The van der Waals surface area contributed by atoms with Gasteiger partial charge in [-0.1, -0.05) is 0 Å². The van der Waals surface area contributed by atoms with Crippen LogP contribution in [0.2, 0.25) is 0 Å². The largest absolute Gasteiger partial charge is 0.508 e. The van der Waals surface area contributed by atoms with E-state index >= 15 is 0 Å². The van der Waals surface area contributed by atoms with Gasteiger partial charge in [0.2, 0.25) is 24.8 Å². The van der Waals surface area contributed by atoms with Crippen molar-refractivity contribution in [2.24, 2.45) is 0 Å². The molecule has 0 saturated heterocycles. The normalized spacial score (nSPS) is 11.5. The van der Waals surface area contributed by atoms with Crippen LogP contribution in [0.4, 0.5) is 0 Å². The van der Waals surface area contributed by atoms with Gasteiger partial charge in [0, 0.05) is 27.1 Å². The summed E-state index contributed by atoms with van der Waals surface area (Å²) >= 11 is 0. The molecule has 0 radical (unpaired) electrons. The van der Waals surface area contributed by atoms with Crippen LogP contribution in [0.3, 0.4) is 0 Å². The highest BCUT2D eigenvalue weighted by molar-refractivity contribution is 6.16. The van der Waals surface area contributed by atoms with Crippen LogP contribution in [0.25, 0.3) is 32.6 Å². The number of rotatable bonds is 4. The van der Waals surface area contributed by atoms with Crippen molar-refractivity contribution in [1.29, 1.82) is 0 Å². The fraction of sp³-hybridized carbons (Fsp3) is 0.130. The Morgan fingerprint density at radius 1 is 1.14 bits per heavy atom. The first-order chi connectivity index (χ1) is 14.0. The molecule has 0 aliphatic carbocycles. The zero-order chi connectivity index (χ0) is 20.1. The lowest BCUT2D eigenvalue weighted by molar-refractivity contribution is -0.888. The minimum Gasteiger partial charge on any atom is -0.508 e. The number of carbonyl (C=O) groups is 1. The van der Waals surface area contributed by atoms with Crippen LogP contribution in [0.1, 0.15) is 21.7 Å². The van der Waals surface area contributed by atoms with E-state index in [1.54, 1.807) is 35.2 Å². The summed E-state index contributed by atoms with van der Waals surface area (Å²) in [5.41, 5.74) is 4.23. The van der Waals surface area contributed by atoms with Crippen molar-refractivity contribution in [3.8, 4) is 5.75 Å². The van der Waals surface area contributed by atoms with E-state index in [1.807, 2.05) is 18.3 Å². The average molecular weight is 387 g/mol. The molecule has 2 aromatic carbocycles. The molecule has 2 N–H and O–H groups in total. The molecular weight excluding hydrogens is 368 g/mol. The Balaban J connectivity index is 1.62. The Bertz CT molecular complexity index is 1400. The van der Waals surface area contributed by atoms with Gasteiger partial charge in [-0.25, -0.2) is 0 Å². The Kier molecular flexibility index (Phi) is 3.81. The van der Waals surface area contributed by atoms with Crippen LogP contribution in [0, 0.1) is 13.8 Å². The summed E-state index contributed by atoms with van der Waals surface area (Å²) in [6, 6.07) is 10.6. The molecule has 0 unspecified atom stereocenters. The molecule has 5 aromatic rings. The Morgan fingerprint density at radius 3 is 2.79 bits per heavy atom. The maximum Gasteiger partial charge on any atom is 0.242 e. The number of benzene rings is 2. The Hall–Kier alpha value is -3.80. The number of aromatic hydroxyl groups is 1. The molecule has 0 fully saturated rings. The maximum atomic E-state index is 12.1. The van der Waals surface area contributed by atoms with Crippen LogP contribution >= 0.6 is 0 Å². The van der Waals surface area contributed by atoms with E-state index in [4.69, 9.17) is 9.25 Å². The molecule has 0 aliphatic rings. The number of hydrogen-bond donors (Lipinski definition) is 2. The molecule has 0 bridgehead atoms. The number of nitrogens with one attached hydrogen (secondary N) is 1. The number of carbonyl (C=O) groups excluding carboxylic acids is 1. The van der Waals surface area contributed by atoms with Crippen LogP contribution < -0.4 is 9.57 Å². The summed E-state index contributed by atoms with van der Waals surface area (Å²) in [5, 5.41) is 14.1. The SMILES string of the molecule is Cc1c2cc[n+](OCC(=O)c3ccco3)cc2c(C)c2c1[nH]c1ccc(O)cc12. The fourth-order valence-corrected chi connectivity index (χ4v) is 3.95. The summed E-state index contributed by atoms with van der Waals surface area (Å²) in [6.45, 7) is 4.01. The third-order valence-electron chi connectivity index (χ3n) is 5.42. The van der Waals surface area contributed by atoms with Crippen molar-refractivity contribution in [1.82, 2.24) is 4.98 Å². The molecule has 6 nitrogen and oxygen atoms in total. The third kappa shape index (κ3) is 2.72. The van der Waals surface area contributed by atoms with Gasteiger partial charge in [0.05, 0.1) is 17.2 Å². The Labute approximate surface area is 165 Å². The fourth-order valence-electron chi connectivity index (χ4n) is 3.95. The first kappa shape index (κ1) is 17.3. The standard InChI is InChI=1S/C23H18N2O4/c1-13-18-11-25(29-12-20(27)21-4-3-9-28-21)8-7-16(18)14(2)23-22(13)17-10-15(26)5-6-19(17)24-23/h3-11,26H,12H2,1-2H3/p+1. The number of H-pyrrole nitrogens is 1. The molecule has 144 valence electrons. The first-order valence-corrected chi connectivity index (χ1v) is 9.31. The summed E-state index contributed by atoms with van der Waals surface area (Å²) in [7, 11) is 0. The number of aromatic nitrogens is 2. The second-order valence-corrected chi connectivity index (χ2v) is 7.16. The molecule has 6 heteroatoms. The van der Waals surface area contributed by atoms with Gasteiger partial charge in [-0.3, -0.25) is 9.63 Å². The minimum absolute atomic E-state index is 0.120. The number of pyridine rings is 1. The molecular formula is C23H19N2O4+. The topological polar surface area (TPSA) is 79.3 Å². The van der Waals surface area contributed by atoms with Gasteiger partial charge in [-0.15, -0.1) is 0 Å². The maximum absolute atomic E-state index is 12.1. The Morgan fingerprint density at radius 2 is 2.00 bits per heavy atom. The van der Waals surface area contributed by atoms with Crippen molar-refractivity contribution >= 4 is 38.4 Å². The van der Waals surface area contributed by atoms with Crippen molar-refractivity contribution in [2.45, 2.75) is 13.8 Å². The number of phenolic OH excluding ortho intramolecular Hbond substituents is 1. The second kappa shape index (κ2) is 6.38. The zero-order valence-corrected chi connectivity index (χ0v) is 16.0. The number of phenols is 1. The number of nitrogens with zero attached hydrogens (tertiary/aromatic N) is 1. The number of fused-ring (bicyclic) bond motifs is 4. The summed E-state index contributed by atoms with van der Waals surface area (Å²) in [6.07, 6.45) is 5.14.